The third kappa shape index (κ3) is 4.96. The fraction of sp³-hybridized carbons (Fsp3) is 0.533. The predicted molar refractivity (Wildman–Crippen MR) is 82.1 cm³/mol. The number of amides is 1. The van der Waals surface area contributed by atoms with Crippen molar-refractivity contribution in [3.63, 3.8) is 0 Å². The van der Waals surface area contributed by atoms with Gasteiger partial charge in [-0.05, 0) is 55.5 Å². The molecule has 2 unspecified atom stereocenters. The fourth-order valence-electron chi connectivity index (χ4n) is 2.64. The number of hydrogen-bond acceptors (Lipinski definition) is 2. The molecule has 0 heterocycles. The smallest absolute Gasteiger partial charge is 0.238 e. The van der Waals surface area contributed by atoms with Gasteiger partial charge in [-0.3, -0.25) is 4.79 Å². The highest BCUT2D eigenvalue weighted by molar-refractivity contribution is 9.10. The lowest BCUT2D eigenvalue weighted by Crippen LogP contribution is -2.31. The van der Waals surface area contributed by atoms with Gasteiger partial charge in [-0.1, -0.05) is 29.3 Å². The number of rotatable bonds is 5. The van der Waals surface area contributed by atoms with E-state index in [1.54, 1.807) is 0 Å². The summed E-state index contributed by atoms with van der Waals surface area (Å²) in [7, 11) is 0. The molecule has 0 spiro atoms. The summed E-state index contributed by atoms with van der Waals surface area (Å²) in [4.78, 5) is 11.8. The highest BCUT2D eigenvalue weighted by Crippen LogP contribution is 2.29. The second kappa shape index (κ2) is 7.06. The SMILES string of the molecule is CC1CCC(CNCC(=O)Nc2ccc(Br)cc2)C1. The van der Waals surface area contributed by atoms with Crippen LogP contribution in [0.1, 0.15) is 26.2 Å². The first-order chi connectivity index (χ1) is 9.13. The van der Waals surface area contributed by atoms with Crippen LogP contribution in [0.2, 0.25) is 0 Å². The van der Waals surface area contributed by atoms with Crippen LogP contribution in [0.4, 0.5) is 5.69 Å². The van der Waals surface area contributed by atoms with Crippen LogP contribution < -0.4 is 10.6 Å². The topological polar surface area (TPSA) is 41.1 Å². The summed E-state index contributed by atoms with van der Waals surface area (Å²) in [6, 6.07) is 7.62. The predicted octanol–water partition coefficient (Wildman–Crippen LogP) is 3.41. The molecular formula is C15H21BrN2O. The van der Waals surface area contributed by atoms with E-state index in [2.05, 4.69) is 33.5 Å². The van der Waals surface area contributed by atoms with Gasteiger partial charge in [-0.25, -0.2) is 0 Å². The molecule has 3 nitrogen and oxygen atoms in total. The van der Waals surface area contributed by atoms with E-state index < -0.39 is 0 Å². The summed E-state index contributed by atoms with van der Waals surface area (Å²) in [6.07, 6.45) is 3.92. The molecule has 1 saturated carbocycles. The van der Waals surface area contributed by atoms with E-state index in [0.29, 0.717) is 6.54 Å². The van der Waals surface area contributed by atoms with Crippen molar-refractivity contribution in [2.45, 2.75) is 26.2 Å². The second-order valence-electron chi connectivity index (χ2n) is 5.47. The highest BCUT2D eigenvalue weighted by Gasteiger charge is 2.20. The minimum atomic E-state index is 0.0216. The molecule has 2 atom stereocenters. The standard InChI is InChI=1S/C15H21BrN2O/c1-11-2-3-12(8-11)9-17-10-15(19)18-14-6-4-13(16)5-7-14/h4-7,11-12,17H,2-3,8-10H2,1H3,(H,18,19). The Morgan fingerprint density at radius 2 is 2.05 bits per heavy atom. The van der Waals surface area contributed by atoms with E-state index in [1.165, 1.54) is 19.3 Å². The minimum absolute atomic E-state index is 0.0216. The zero-order valence-electron chi connectivity index (χ0n) is 11.3. The van der Waals surface area contributed by atoms with Crippen LogP contribution in [0.5, 0.6) is 0 Å². The Bertz CT molecular complexity index is 419. The molecule has 104 valence electrons. The van der Waals surface area contributed by atoms with Crippen molar-refractivity contribution >= 4 is 27.5 Å². The summed E-state index contributed by atoms with van der Waals surface area (Å²) >= 11 is 3.37. The molecule has 1 aliphatic rings. The quantitative estimate of drug-likeness (QED) is 0.871. The van der Waals surface area contributed by atoms with Gasteiger partial charge in [0.15, 0.2) is 0 Å². The summed E-state index contributed by atoms with van der Waals surface area (Å²) in [5, 5.41) is 6.14. The van der Waals surface area contributed by atoms with Gasteiger partial charge in [-0.2, -0.15) is 0 Å². The number of halogens is 1. The Balaban J connectivity index is 1.66. The summed E-state index contributed by atoms with van der Waals surface area (Å²) in [5.74, 6) is 1.62. The average Bonchev–Trinajstić information content (AvgIpc) is 2.78. The number of benzene rings is 1. The van der Waals surface area contributed by atoms with Gasteiger partial charge in [0.05, 0.1) is 6.54 Å². The van der Waals surface area contributed by atoms with Crippen LogP contribution in [0.15, 0.2) is 28.7 Å². The Hall–Kier alpha value is -0.870. The minimum Gasteiger partial charge on any atom is -0.325 e. The monoisotopic (exact) mass is 324 g/mol. The third-order valence-corrected chi connectivity index (χ3v) is 4.18. The number of carbonyl (C=O) groups excluding carboxylic acids is 1. The van der Waals surface area contributed by atoms with Crippen LogP contribution in [-0.2, 0) is 4.79 Å². The molecule has 1 aliphatic carbocycles. The summed E-state index contributed by atoms with van der Waals surface area (Å²) in [6.45, 7) is 3.65. The molecule has 0 saturated heterocycles. The Morgan fingerprint density at radius 1 is 1.32 bits per heavy atom. The van der Waals surface area contributed by atoms with Crippen LogP contribution in [-0.4, -0.2) is 19.0 Å². The van der Waals surface area contributed by atoms with Crippen molar-refractivity contribution in [3.8, 4) is 0 Å². The zero-order chi connectivity index (χ0) is 13.7. The van der Waals surface area contributed by atoms with Crippen molar-refractivity contribution in [2.75, 3.05) is 18.4 Å². The summed E-state index contributed by atoms with van der Waals surface area (Å²) in [5.41, 5.74) is 0.837. The molecule has 1 fully saturated rings. The van der Waals surface area contributed by atoms with E-state index in [1.807, 2.05) is 24.3 Å². The van der Waals surface area contributed by atoms with Crippen LogP contribution in [0, 0.1) is 11.8 Å². The number of nitrogens with one attached hydrogen (secondary N) is 2. The normalized spacial score (nSPS) is 22.4. The molecule has 0 radical (unpaired) electrons. The second-order valence-corrected chi connectivity index (χ2v) is 6.39. The average molecular weight is 325 g/mol. The summed E-state index contributed by atoms with van der Waals surface area (Å²) < 4.78 is 1.01. The lowest BCUT2D eigenvalue weighted by Gasteiger charge is -2.11. The van der Waals surface area contributed by atoms with Gasteiger partial charge in [0.2, 0.25) is 5.91 Å². The molecule has 19 heavy (non-hydrogen) atoms. The molecule has 2 N–H and O–H groups in total. The maximum Gasteiger partial charge on any atom is 0.238 e. The van der Waals surface area contributed by atoms with Gasteiger partial charge in [0.1, 0.15) is 0 Å². The van der Waals surface area contributed by atoms with Crippen molar-refractivity contribution in [1.82, 2.24) is 5.32 Å². The largest absolute Gasteiger partial charge is 0.325 e. The third-order valence-electron chi connectivity index (χ3n) is 3.65. The molecule has 0 aliphatic heterocycles. The van der Waals surface area contributed by atoms with Gasteiger partial charge < -0.3 is 10.6 Å². The van der Waals surface area contributed by atoms with Gasteiger partial charge in [0.25, 0.3) is 0 Å². The van der Waals surface area contributed by atoms with E-state index in [4.69, 9.17) is 0 Å². The van der Waals surface area contributed by atoms with Gasteiger partial charge in [0, 0.05) is 10.2 Å². The molecule has 1 amide bonds. The number of carbonyl (C=O) groups is 1. The molecule has 2 rings (SSSR count). The van der Waals surface area contributed by atoms with E-state index in [-0.39, 0.29) is 5.91 Å². The van der Waals surface area contributed by atoms with Crippen molar-refractivity contribution in [2.24, 2.45) is 11.8 Å². The molecule has 4 heteroatoms. The van der Waals surface area contributed by atoms with Crippen LogP contribution >= 0.6 is 15.9 Å². The van der Waals surface area contributed by atoms with Crippen molar-refractivity contribution < 1.29 is 4.79 Å². The zero-order valence-corrected chi connectivity index (χ0v) is 12.9. The first kappa shape index (κ1) is 14.5. The molecular weight excluding hydrogens is 304 g/mol. The van der Waals surface area contributed by atoms with Gasteiger partial charge >= 0.3 is 0 Å². The van der Waals surface area contributed by atoms with E-state index in [9.17, 15) is 4.79 Å². The highest BCUT2D eigenvalue weighted by atomic mass is 79.9. The maximum atomic E-state index is 11.8. The Labute approximate surface area is 123 Å². The molecule has 0 aromatic heterocycles. The molecule has 1 aromatic carbocycles. The Kier molecular flexibility index (Phi) is 5.40. The molecule has 0 bridgehead atoms. The van der Waals surface area contributed by atoms with Gasteiger partial charge in [-0.15, -0.1) is 0 Å². The lowest BCUT2D eigenvalue weighted by atomic mass is 10.1. The first-order valence-electron chi connectivity index (χ1n) is 6.89. The Morgan fingerprint density at radius 3 is 2.68 bits per heavy atom. The first-order valence-corrected chi connectivity index (χ1v) is 7.69. The van der Waals surface area contributed by atoms with E-state index in [0.717, 1.165) is 28.5 Å². The van der Waals surface area contributed by atoms with Crippen molar-refractivity contribution in [1.29, 1.82) is 0 Å². The fourth-order valence-corrected chi connectivity index (χ4v) is 2.90. The lowest BCUT2D eigenvalue weighted by molar-refractivity contribution is -0.115. The molecule has 1 aromatic rings. The van der Waals surface area contributed by atoms with Crippen LogP contribution in [0.3, 0.4) is 0 Å². The van der Waals surface area contributed by atoms with Crippen LogP contribution in [0.25, 0.3) is 0 Å². The maximum absolute atomic E-state index is 11.8. The number of anilines is 1. The number of hydrogen-bond donors (Lipinski definition) is 2. The van der Waals surface area contributed by atoms with E-state index >= 15 is 0 Å². The van der Waals surface area contributed by atoms with Crippen molar-refractivity contribution in [3.05, 3.63) is 28.7 Å².